The zero-order valence-electron chi connectivity index (χ0n) is 12.2. The van der Waals surface area contributed by atoms with E-state index in [2.05, 4.69) is 34.4 Å². The third kappa shape index (κ3) is 4.24. The van der Waals surface area contributed by atoms with Gasteiger partial charge in [0.05, 0.1) is 11.3 Å². The minimum Gasteiger partial charge on any atom is -0.377 e. The molecule has 0 saturated carbocycles. The minimum absolute atomic E-state index is 0.0147. The summed E-state index contributed by atoms with van der Waals surface area (Å²) < 4.78 is 5.64. The Hall–Kier alpha value is -0.490. The molecule has 0 radical (unpaired) electrons. The van der Waals surface area contributed by atoms with E-state index in [1.165, 1.54) is 17.1 Å². The van der Waals surface area contributed by atoms with Crippen LogP contribution < -0.4 is 5.32 Å². The Labute approximate surface area is 120 Å². The highest BCUT2D eigenvalue weighted by atomic mass is 32.1. The first kappa shape index (κ1) is 14.9. The molecule has 108 valence electrons. The summed E-state index contributed by atoms with van der Waals surface area (Å²) in [7, 11) is 1.82. The van der Waals surface area contributed by atoms with Crippen molar-refractivity contribution >= 4 is 11.3 Å². The van der Waals surface area contributed by atoms with Crippen molar-refractivity contribution in [2.24, 2.45) is 0 Å². The maximum Gasteiger partial charge on any atom is 0.107 e. The van der Waals surface area contributed by atoms with Crippen molar-refractivity contribution in [2.45, 2.75) is 45.4 Å². The van der Waals surface area contributed by atoms with Gasteiger partial charge in [0.15, 0.2) is 0 Å². The number of aromatic nitrogens is 1. The van der Waals surface area contributed by atoms with E-state index in [4.69, 9.17) is 4.74 Å². The summed E-state index contributed by atoms with van der Waals surface area (Å²) in [5.74, 6) is 0. The van der Waals surface area contributed by atoms with Gasteiger partial charge in [-0.05, 0) is 32.9 Å². The lowest BCUT2D eigenvalue weighted by atomic mass is 9.95. The molecule has 4 nitrogen and oxygen atoms in total. The van der Waals surface area contributed by atoms with E-state index in [9.17, 15) is 0 Å². The normalized spacial score (nSPS) is 24.8. The fourth-order valence-corrected chi connectivity index (χ4v) is 3.33. The zero-order chi connectivity index (χ0) is 13.7. The van der Waals surface area contributed by atoms with Gasteiger partial charge in [-0.3, -0.25) is 4.90 Å². The lowest BCUT2D eigenvalue weighted by Gasteiger charge is -2.39. The number of hydrogen-bond acceptors (Lipinski definition) is 5. The summed E-state index contributed by atoms with van der Waals surface area (Å²) >= 11 is 1.75. The number of nitrogens with zero attached hydrogens (tertiary/aromatic N) is 2. The quantitative estimate of drug-likeness (QED) is 0.869. The number of rotatable bonds is 6. The van der Waals surface area contributed by atoms with Crippen molar-refractivity contribution in [2.75, 3.05) is 26.7 Å². The zero-order valence-corrected chi connectivity index (χ0v) is 13.1. The SMILES string of the molecule is CCNCc1nc(CN2CCCC(C)(OC)C2)cs1. The molecule has 0 spiro atoms. The summed E-state index contributed by atoms with van der Waals surface area (Å²) in [6.45, 7) is 9.30. The standard InChI is InChI=1S/C14H25N3OS/c1-4-15-8-13-16-12(10-19-13)9-17-7-5-6-14(2,11-17)18-3/h10,15H,4-9,11H2,1-3H3. The van der Waals surface area contributed by atoms with E-state index in [1.807, 2.05) is 7.11 Å². The average molecular weight is 283 g/mol. The molecule has 0 bridgehead atoms. The van der Waals surface area contributed by atoms with Crippen LogP contribution in [0.15, 0.2) is 5.38 Å². The molecule has 1 fully saturated rings. The summed E-state index contributed by atoms with van der Waals surface area (Å²) in [4.78, 5) is 7.15. The first-order chi connectivity index (χ1) is 9.15. The van der Waals surface area contributed by atoms with Gasteiger partial charge >= 0.3 is 0 Å². The fraction of sp³-hybridized carbons (Fsp3) is 0.786. The lowest BCUT2D eigenvalue weighted by Crippen LogP contribution is -2.46. The first-order valence-corrected chi connectivity index (χ1v) is 7.94. The molecule has 0 amide bonds. The van der Waals surface area contributed by atoms with E-state index in [-0.39, 0.29) is 5.60 Å². The van der Waals surface area contributed by atoms with E-state index >= 15 is 0 Å². The Kier molecular flexibility index (Phi) is 5.33. The van der Waals surface area contributed by atoms with Gasteiger partial charge < -0.3 is 10.1 Å². The topological polar surface area (TPSA) is 37.4 Å². The second kappa shape index (κ2) is 6.79. The van der Waals surface area contributed by atoms with Crippen LogP contribution in [-0.4, -0.2) is 42.2 Å². The molecular formula is C14H25N3OS. The molecule has 0 aliphatic carbocycles. The summed E-state index contributed by atoms with van der Waals surface area (Å²) in [6, 6.07) is 0. The number of ether oxygens (including phenoxy) is 1. The Balaban J connectivity index is 1.88. The van der Waals surface area contributed by atoms with Crippen molar-refractivity contribution in [3.05, 3.63) is 16.1 Å². The second-order valence-electron chi connectivity index (χ2n) is 5.48. The van der Waals surface area contributed by atoms with Crippen LogP contribution in [0.5, 0.6) is 0 Å². The largest absolute Gasteiger partial charge is 0.377 e. The van der Waals surface area contributed by atoms with Gasteiger partial charge in [0.2, 0.25) is 0 Å². The third-order valence-electron chi connectivity index (χ3n) is 3.74. The summed E-state index contributed by atoms with van der Waals surface area (Å²) in [5, 5.41) is 6.69. The molecule has 19 heavy (non-hydrogen) atoms. The van der Waals surface area contributed by atoms with Crippen LogP contribution in [0.1, 0.15) is 37.4 Å². The van der Waals surface area contributed by atoms with E-state index in [1.54, 1.807) is 11.3 Å². The Morgan fingerprint density at radius 3 is 3.16 bits per heavy atom. The second-order valence-corrected chi connectivity index (χ2v) is 6.42. The smallest absolute Gasteiger partial charge is 0.107 e. The fourth-order valence-electron chi connectivity index (χ4n) is 2.57. The van der Waals surface area contributed by atoms with Crippen LogP contribution in [0.25, 0.3) is 0 Å². The van der Waals surface area contributed by atoms with Gasteiger partial charge in [-0.1, -0.05) is 6.92 Å². The van der Waals surface area contributed by atoms with Crippen LogP contribution in [0.3, 0.4) is 0 Å². The van der Waals surface area contributed by atoms with Gasteiger partial charge in [-0.15, -0.1) is 11.3 Å². The summed E-state index contributed by atoms with van der Waals surface area (Å²) in [5.41, 5.74) is 1.21. The van der Waals surface area contributed by atoms with Gasteiger partial charge in [0, 0.05) is 32.1 Å². The van der Waals surface area contributed by atoms with Gasteiger partial charge in [-0.25, -0.2) is 4.98 Å². The molecule has 1 atom stereocenters. The molecule has 0 aromatic carbocycles. The van der Waals surface area contributed by atoms with Gasteiger partial charge in [0.1, 0.15) is 5.01 Å². The molecule has 1 aromatic rings. The van der Waals surface area contributed by atoms with E-state index in [0.29, 0.717) is 0 Å². The van der Waals surface area contributed by atoms with Gasteiger partial charge in [-0.2, -0.15) is 0 Å². The number of hydrogen-bond donors (Lipinski definition) is 1. The van der Waals surface area contributed by atoms with Crippen molar-refractivity contribution in [1.82, 2.24) is 15.2 Å². The molecule has 1 aliphatic rings. The Morgan fingerprint density at radius 2 is 2.42 bits per heavy atom. The maximum absolute atomic E-state index is 5.64. The Bertz CT molecular complexity index is 396. The first-order valence-electron chi connectivity index (χ1n) is 7.07. The Morgan fingerprint density at radius 1 is 1.58 bits per heavy atom. The molecule has 1 saturated heterocycles. The maximum atomic E-state index is 5.64. The van der Waals surface area contributed by atoms with Gasteiger partial charge in [0.25, 0.3) is 0 Å². The number of thiazole rings is 1. The average Bonchev–Trinajstić information content (AvgIpc) is 2.84. The number of likely N-dealkylation sites (tertiary alicyclic amines) is 1. The molecule has 2 rings (SSSR count). The van der Waals surface area contributed by atoms with Crippen molar-refractivity contribution in [3.63, 3.8) is 0 Å². The van der Waals surface area contributed by atoms with Crippen molar-refractivity contribution in [1.29, 1.82) is 0 Å². The van der Waals surface area contributed by atoms with Crippen molar-refractivity contribution < 1.29 is 4.74 Å². The molecule has 1 unspecified atom stereocenters. The molecule has 1 aliphatic heterocycles. The van der Waals surface area contributed by atoms with Crippen LogP contribution in [0.2, 0.25) is 0 Å². The van der Waals surface area contributed by atoms with Crippen LogP contribution in [-0.2, 0) is 17.8 Å². The predicted octanol–water partition coefficient (Wildman–Crippen LogP) is 2.25. The highest BCUT2D eigenvalue weighted by molar-refractivity contribution is 7.09. The number of nitrogens with one attached hydrogen (secondary N) is 1. The minimum atomic E-state index is 0.0147. The van der Waals surface area contributed by atoms with E-state index in [0.717, 1.165) is 39.1 Å². The highest BCUT2D eigenvalue weighted by Gasteiger charge is 2.30. The van der Waals surface area contributed by atoms with Crippen LogP contribution in [0.4, 0.5) is 0 Å². The molecule has 1 N–H and O–H groups in total. The molecule has 2 heterocycles. The van der Waals surface area contributed by atoms with Crippen LogP contribution in [0, 0.1) is 0 Å². The molecular weight excluding hydrogens is 258 g/mol. The predicted molar refractivity (Wildman–Crippen MR) is 79.4 cm³/mol. The molecule has 1 aromatic heterocycles. The number of methoxy groups -OCH3 is 1. The van der Waals surface area contributed by atoms with Crippen LogP contribution >= 0.6 is 11.3 Å². The van der Waals surface area contributed by atoms with E-state index < -0.39 is 0 Å². The lowest BCUT2D eigenvalue weighted by molar-refractivity contribution is -0.0529. The third-order valence-corrected chi connectivity index (χ3v) is 4.64. The molecule has 5 heteroatoms. The van der Waals surface area contributed by atoms with Crippen molar-refractivity contribution in [3.8, 4) is 0 Å². The highest BCUT2D eigenvalue weighted by Crippen LogP contribution is 2.25. The number of piperidine rings is 1. The monoisotopic (exact) mass is 283 g/mol. The summed E-state index contributed by atoms with van der Waals surface area (Å²) in [6.07, 6.45) is 2.36.